The zero-order valence-corrected chi connectivity index (χ0v) is 13.4. The van der Waals surface area contributed by atoms with E-state index in [0.717, 1.165) is 13.1 Å². The Bertz CT molecular complexity index is 500. The van der Waals surface area contributed by atoms with Gasteiger partial charge in [-0.15, -0.1) is 0 Å². The summed E-state index contributed by atoms with van der Waals surface area (Å²) in [7, 11) is 0. The molecule has 0 saturated carbocycles. The summed E-state index contributed by atoms with van der Waals surface area (Å²) in [6, 6.07) is 9.41. The molecule has 1 atom stereocenters. The van der Waals surface area contributed by atoms with Gasteiger partial charge in [0.25, 0.3) is 0 Å². The summed E-state index contributed by atoms with van der Waals surface area (Å²) in [5, 5.41) is 3.60. The van der Waals surface area contributed by atoms with Crippen LogP contribution in [0.1, 0.15) is 56.7 Å². The number of hydrogen-bond donors (Lipinski definition) is 1. The average molecular weight is 285 g/mol. The van der Waals surface area contributed by atoms with Gasteiger partial charge in [0, 0.05) is 25.0 Å². The molecular formula is C18H27N3. The first-order valence-electron chi connectivity index (χ1n) is 7.96. The molecule has 0 bridgehead atoms. The Labute approximate surface area is 128 Å². The predicted molar refractivity (Wildman–Crippen MR) is 88.4 cm³/mol. The number of hydrogen-bond acceptors (Lipinski definition) is 2. The number of rotatable bonds is 8. The Kier molecular flexibility index (Phi) is 6.00. The number of nitrogens with one attached hydrogen (secondary N) is 1. The van der Waals surface area contributed by atoms with Gasteiger partial charge in [0.15, 0.2) is 0 Å². The molecule has 1 N–H and O–H groups in total. The standard InChI is InChI=1S/C18H27N3/c1-15(2)17-6-8-18(9-7-17)16(3)20-10-4-5-12-21-13-11-19-14-21/h6-9,11,13-16,20H,4-5,10,12H2,1-3H3. The first kappa shape index (κ1) is 15.8. The quantitative estimate of drug-likeness (QED) is 0.739. The topological polar surface area (TPSA) is 29.9 Å². The van der Waals surface area contributed by atoms with Gasteiger partial charge in [0.2, 0.25) is 0 Å². The highest BCUT2D eigenvalue weighted by atomic mass is 15.0. The van der Waals surface area contributed by atoms with Crippen LogP contribution < -0.4 is 5.32 Å². The summed E-state index contributed by atoms with van der Waals surface area (Å²) in [4.78, 5) is 4.06. The van der Waals surface area contributed by atoms with Crippen molar-refractivity contribution in [3.63, 3.8) is 0 Å². The molecule has 1 aromatic carbocycles. The van der Waals surface area contributed by atoms with Crippen LogP contribution in [-0.4, -0.2) is 16.1 Å². The molecule has 2 rings (SSSR count). The van der Waals surface area contributed by atoms with Crippen LogP contribution in [0, 0.1) is 0 Å². The number of aromatic nitrogens is 2. The van der Waals surface area contributed by atoms with Crippen molar-refractivity contribution in [3.8, 4) is 0 Å². The van der Waals surface area contributed by atoms with Crippen molar-refractivity contribution < 1.29 is 0 Å². The molecule has 2 aromatic rings. The Balaban J connectivity index is 1.68. The molecule has 3 heteroatoms. The van der Waals surface area contributed by atoms with Gasteiger partial charge in [0.05, 0.1) is 6.33 Å². The summed E-state index contributed by atoms with van der Waals surface area (Å²) >= 11 is 0. The minimum Gasteiger partial charge on any atom is -0.337 e. The Hall–Kier alpha value is -1.61. The molecule has 0 fully saturated rings. The van der Waals surface area contributed by atoms with Crippen molar-refractivity contribution in [2.75, 3.05) is 6.54 Å². The van der Waals surface area contributed by atoms with Crippen LogP contribution in [0.5, 0.6) is 0 Å². The maximum atomic E-state index is 4.06. The third-order valence-corrected chi connectivity index (χ3v) is 3.96. The zero-order valence-electron chi connectivity index (χ0n) is 13.4. The second-order valence-corrected chi connectivity index (χ2v) is 6.00. The van der Waals surface area contributed by atoms with Crippen LogP contribution in [0.2, 0.25) is 0 Å². The fraction of sp³-hybridized carbons (Fsp3) is 0.500. The average Bonchev–Trinajstić information content (AvgIpc) is 3.00. The maximum Gasteiger partial charge on any atom is 0.0945 e. The van der Waals surface area contributed by atoms with Gasteiger partial charge in [0.1, 0.15) is 0 Å². The lowest BCUT2D eigenvalue weighted by atomic mass is 9.99. The van der Waals surface area contributed by atoms with Gasteiger partial charge in [-0.1, -0.05) is 38.1 Å². The fourth-order valence-corrected chi connectivity index (χ4v) is 2.44. The van der Waals surface area contributed by atoms with Crippen LogP contribution in [-0.2, 0) is 6.54 Å². The molecule has 0 aliphatic heterocycles. The first-order valence-corrected chi connectivity index (χ1v) is 7.96. The highest BCUT2D eigenvalue weighted by molar-refractivity contribution is 5.26. The third kappa shape index (κ3) is 5.01. The molecule has 0 aliphatic rings. The summed E-state index contributed by atoms with van der Waals surface area (Å²) in [6.45, 7) is 8.81. The van der Waals surface area contributed by atoms with Crippen molar-refractivity contribution in [2.45, 2.75) is 52.1 Å². The van der Waals surface area contributed by atoms with Crippen molar-refractivity contribution in [2.24, 2.45) is 0 Å². The van der Waals surface area contributed by atoms with E-state index in [1.165, 1.54) is 24.0 Å². The lowest BCUT2D eigenvalue weighted by Crippen LogP contribution is -2.20. The molecule has 1 heterocycles. The minimum absolute atomic E-state index is 0.416. The van der Waals surface area contributed by atoms with E-state index < -0.39 is 0 Å². The molecule has 0 spiro atoms. The van der Waals surface area contributed by atoms with E-state index in [2.05, 4.69) is 59.9 Å². The van der Waals surface area contributed by atoms with Crippen LogP contribution in [0.25, 0.3) is 0 Å². The Morgan fingerprint density at radius 2 is 1.76 bits per heavy atom. The van der Waals surface area contributed by atoms with E-state index >= 15 is 0 Å². The van der Waals surface area contributed by atoms with Crippen molar-refractivity contribution in [3.05, 3.63) is 54.1 Å². The number of unbranched alkanes of at least 4 members (excludes halogenated alkanes) is 1. The minimum atomic E-state index is 0.416. The first-order chi connectivity index (χ1) is 10.2. The highest BCUT2D eigenvalue weighted by Gasteiger charge is 2.05. The van der Waals surface area contributed by atoms with Crippen LogP contribution >= 0.6 is 0 Å². The van der Waals surface area contributed by atoms with E-state index in [-0.39, 0.29) is 0 Å². The molecule has 3 nitrogen and oxygen atoms in total. The normalized spacial score (nSPS) is 12.8. The second-order valence-electron chi connectivity index (χ2n) is 6.00. The molecule has 0 amide bonds. The molecule has 1 unspecified atom stereocenters. The van der Waals surface area contributed by atoms with Crippen LogP contribution in [0.4, 0.5) is 0 Å². The van der Waals surface area contributed by atoms with E-state index in [4.69, 9.17) is 0 Å². The lowest BCUT2D eigenvalue weighted by molar-refractivity contribution is 0.523. The van der Waals surface area contributed by atoms with Crippen molar-refractivity contribution >= 4 is 0 Å². The summed E-state index contributed by atoms with van der Waals surface area (Å²) < 4.78 is 2.13. The second kappa shape index (κ2) is 7.99. The Morgan fingerprint density at radius 1 is 1.05 bits per heavy atom. The van der Waals surface area contributed by atoms with E-state index in [9.17, 15) is 0 Å². The highest BCUT2D eigenvalue weighted by Crippen LogP contribution is 2.18. The van der Waals surface area contributed by atoms with Gasteiger partial charge in [-0.3, -0.25) is 0 Å². The Morgan fingerprint density at radius 3 is 2.38 bits per heavy atom. The largest absolute Gasteiger partial charge is 0.337 e. The van der Waals surface area contributed by atoms with Crippen LogP contribution in [0.15, 0.2) is 43.0 Å². The smallest absolute Gasteiger partial charge is 0.0945 e. The SMILES string of the molecule is CC(C)c1ccc(C(C)NCCCCn2ccnc2)cc1. The molecule has 0 saturated heterocycles. The van der Waals surface area contributed by atoms with Gasteiger partial charge < -0.3 is 9.88 Å². The lowest BCUT2D eigenvalue weighted by Gasteiger charge is -2.15. The molecule has 1 aromatic heterocycles. The molecular weight excluding hydrogens is 258 g/mol. The predicted octanol–water partition coefficient (Wildman–Crippen LogP) is 4.14. The zero-order chi connectivity index (χ0) is 15.1. The van der Waals surface area contributed by atoms with Gasteiger partial charge in [-0.2, -0.15) is 0 Å². The molecule has 0 radical (unpaired) electrons. The van der Waals surface area contributed by atoms with Crippen molar-refractivity contribution in [1.82, 2.24) is 14.9 Å². The van der Waals surface area contributed by atoms with E-state index in [1.807, 2.05) is 18.7 Å². The molecule has 21 heavy (non-hydrogen) atoms. The van der Waals surface area contributed by atoms with E-state index in [1.54, 1.807) is 0 Å². The fourth-order valence-electron chi connectivity index (χ4n) is 2.44. The molecule has 0 aliphatic carbocycles. The summed E-state index contributed by atoms with van der Waals surface area (Å²) in [5.41, 5.74) is 2.78. The maximum absolute atomic E-state index is 4.06. The monoisotopic (exact) mass is 285 g/mol. The molecule has 114 valence electrons. The van der Waals surface area contributed by atoms with Crippen molar-refractivity contribution in [1.29, 1.82) is 0 Å². The summed E-state index contributed by atoms with van der Waals surface area (Å²) in [6.07, 6.45) is 8.11. The number of benzene rings is 1. The van der Waals surface area contributed by atoms with E-state index in [0.29, 0.717) is 12.0 Å². The van der Waals surface area contributed by atoms with Gasteiger partial charge >= 0.3 is 0 Å². The summed E-state index contributed by atoms with van der Waals surface area (Å²) in [5.74, 6) is 0.602. The van der Waals surface area contributed by atoms with Gasteiger partial charge in [-0.25, -0.2) is 4.98 Å². The van der Waals surface area contributed by atoms with Crippen LogP contribution in [0.3, 0.4) is 0 Å². The number of nitrogens with zero attached hydrogens (tertiary/aromatic N) is 2. The van der Waals surface area contributed by atoms with Gasteiger partial charge in [-0.05, 0) is 43.4 Å². The third-order valence-electron chi connectivity index (χ3n) is 3.96. The number of imidazole rings is 1. The number of aryl methyl sites for hydroxylation is 1.